The Labute approximate surface area is 111 Å². The monoisotopic (exact) mass is 298 g/mol. The molecule has 1 fully saturated rings. The van der Waals surface area contributed by atoms with Crippen LogP contribution in [0.15, 0.2) is 22.8 Å². The summed E-state index contributed by atoms with van der Waals surface area (Å²) in [7, 11) is 0. The minimum atomic E-state index is 0.611. The summed E-state index contributed by atoms with van der Waals surface area (Å²) in [5.41, 5.74) is 0.991. The molecular weight excluding hydrogens is 280 g/mol. The van der Waals surface area contributed by atoms with E-state index in [0.29, 0.717) is 12.6 Å². The Hall–Kier alpha value is -0.450. The van der Waals surface area contributed by atoms with Crippen molar-refractivity contribution in [3.8, 4) is 0 Å². The summed E-state index contributed by atoms with van der Waals surface area (Å²) in [6.07, 6.45) is 6.88. The van der Waals surface area contributed by atoms with Crippen LogP contribution in [-0.2, 0) is 11.3 Å². The van der Waals surface area contributed by atoms with Crippen molar-refractivity contribution in [2.45, 2.75) is 38.3 Å². The van der Waals surface area contributed by atoms with Crippen LogP contribution in [0, 0.1) is 0 Å². The number of nitrogens with zero attached hydrogens (tertiary/aromatic N) is 1. The molecule has 1 aromatic rings. The number of hydrogen-bond acceptors (Lipinski definition) is 3. The quantitative estimate of drug-likeness (QED) is 0.849. The van der Waals surface area contributed by atoms with Gasteiger partial charge in [-0.2, -0.15) is 0 Å². The van der Waals surface area contributed by atoms with Gasteiger partial charge in [-0.3, -0.25) is 4.98 Å². The van der Waals surface area contributed by atoms with Crippen molar-refractivity contribution in [3.63, 3.8) is 0 Å². The molecule has 0 spiro atoms. The van der Waals surface area contributed by atoms with Crippen molar-refractivity contribution in [1.29, 1.82) is 0 Å². The highest BCUT2D eigenvalue weighted by Crippen LogP contribution is 2.11. The van der Waals surface area contributed by atoms with Gasteiger partial charge in [0.15, 0.2) is 0 Å². The van der Waals surface area contributed by atoms with Crippen molar-refractivity contribution in [2.24, 2.45) is 0 Å². The third-order valence-electron chi connectivity index (χ3n) is 3.06. The Morgan fingerprint density at radius 1 is 1.41 bits per heavy atom. The van der Waals surface area contributed by atoms with Gasteiger partial charge < -0.3 is 10.1 Å². The van der Waals surface area contributed by atoms with Gasteiger partial charge in [0, 0.05) is 23.3 Å². The molecule has 1 aromatic heterocycles. The van der Waals surface area contributed by atoms with Crippen molar-refractivity contribution in [3.05, 3.63) is 28.5 Å². The highest BCUT2D eigenvalue weighted by molar-refractivity contribution is 9.10. The molecule has 0 aromatic carbocycles. The Morgan fingerprint density at radius 3 is 3.06 bits per heavy atom. The summed E-state index contributed by atoms with van der Waals surface area (Å²) >= 11 is 3.37. The lowest BCUT2D eigenvalue weighted by Gasteiger charge is -2.23. The van der Waals surface area contributed by atoms with Gasteiger partial charge in [0.05, 0.1) is 12.3 Å². The summed E-state index contributed by atoms with van der Waals surface area (Å²) in [4.78, 5) is 4.28. The molecular formula is C13H19BrN2O. The molecule has 1 N–H and O–H groups in total. The van der Waals surface area contributed by atoms with Gasteiger partial charge in [-0.1, -0.05) is 6.42 Å². The number of halogens is 1. The lowest BCUT2D eigenvalue weighted by Crippen LogP contribution is -2.34. The maximum atomic E-state index is 5.64. The van der Waals surface area contributed by atoms with Gasteiger partial charge >= 0.3 is 0 Å². The van der Waals surface area contributed by atoms with E-state index in [-0.39, 0.29) is 0 Å². The summed E-state index contributed by atoms with van der Waals surface area (Å²) in [5, 5.41) is 3.52. The number of hydrogen-bond donors (Lipinski definition) is 1. The molecule has 2 rings (SSSR count). The maximum Gasteiger partial charge on any atom is 0.0887 e. The van der Waals surface area contributed by atoms with E-state index in [4.69, 9.17) is 4.74 Å². The fourth-order valence-corrected chi connectivity index (χ4v) is 2.30. The zero-order valence-electron chi connectivity index (χ0n) is 9.99. The molecule has 0 aliphatic carbocycles. The predicted octanol–water partition coefficient (Wildman–Crippen LogP) is 2.89. The van der Waals surface area contributed by atoms with E-state index in [0.717, 1.165) is 23.2 Å². The molecule has 1 aliphatic rings. The second-order valence-electron chi connectivity index (χ2n) is 4.46. The smallest absolute Gasteiger partial charge is 0.0887 e. The van der Waals surface area contributed by atoms with E-state index in [1.807, 2.05) is 12.1 Å². The highest BCUT2D eigenvalue weighted by Gasteiger charge is 2.11. The fourth-order valence-electron chi connectivity index (χ4n) is 2.06. The lowest BCUT2D eigenvalue weighted by atomic mass is 10.0. The van der Waals surface area contributed by atoms with E-state index in [9.17, 15) is 0 Å². The summed E-state index contributed by atoms with van der Waals surface area (Å²) < 4.78 is 6.65. The zero-order valence-corrected chi connectivity index (χ0v) is 11.6. The van der Waals surface area contributed by atoms with Crippen molar-refractivity contribution >= 4 is 15.9 Å². The third kappa shape index (κ3) is 4.74. The molecule has 3 nitrogen and oxygen atoms in total. The topological polar surface area (TPSA) is 34.1 Å². The molecule has 4 heteroatoms. The molecule has 1 saturated heterocycles. The van der Waals surface area contributed by atoms with E-state index < -0.39 is 0 Å². The normalized spacial score (nSPS) is 20.4. The summed E-state index contributed by atoms with van der Waals surface area (Å²) in [5.74, 6) is 0. The molecule has 1 atom stereocenters. The Bertz CT molecular complexity index is 323. The van der Waals surface area contributed by atoms with Gasteiger partial charge in [0.25, 0.3) is 0 Å². The molecule has 94 valence electrons. The van der Waals surface area contributed by atoms with Crippen LogP contribution in [0.1, 0.15) is 31.4 Å². The first-order valence-corrected chi connectivity index (χ1v) is 7.05. The average Bonchev–Trinajstić information content (AvgIpc) is 2.38. The van der Waals surface area contributed by atoms with Gasteiger partial charge in [-0.05, 0) is 53.9 Å². The van der Waals surface area contributed by atoms with Crippen molar-refractivity contribution in [2.75, 3.05) is 13.2 Å². The average molecular weight is 299 g/mol. The van der Waals surface area contributed by atoms with Gasteiger partial charge in [-0.25, -0.2) is 0 Å². The lowest BCUT2D eigenvalue weighted by molar-refractivity contribution is 0.106. The zero-order chi connectivity index (χ0) is 11.9. The standard InChI is InChI=1S/C13H19BrN2O/c14-11-4-5-13(16-9-11)10-17-8-6-12-3-1-2-7-15-12/h4-5,9,12,15H,1-3,6-8,10H2. The molecule has 1 aliphatic heterocycles. The SMILES string of the molecule is Brc1ccc(COCCC2CCCCN2)nc1. The van der Waals surface area contributed by atoms with Crippen LogP contribution in [-0.4, -0.2) is 24.2 Å². The third-order valence-corrected chi connectivity index (χ3v) is 3.53. The molecule has 17 heavy (non-hydrogen) atoms. The van der Waals surface area contributed by atoms with Crippen LogP contribution in [0.5, 0.6) is 0 Å². The maximum absolute atomic E-state index is 5.64. The van der Waals surface area contributed by atoms with E-state index in [1.54, 1.807) is 6.20 Å². The molecule has 0 bridgehead atoms. The molecule has 2 heterocycles. The van der Waals surface area contributed by atoms with E-state index in [1.165, 1.54) is 25.8 Å². The van der Waals surface area contributed by atoms with E-state index >= 15 is 0 Å². The summed E-state index contributed by atoms with van der Waals surface area (Å²) in [6, 6.07) is 4.64. The largest absolute Gasteiger partial charge is 0.375 e. The number of ether oxygens (including phenoxy) is 1. The number of aromatic nitrogens is 1. The summed E-state index contributed by atoms with van der Waals surface area (Å²) in [6.45, 7) is 2.59. The minimum Gasteiger partial charge on any atom is -0.375 e. The first kappa shape index (κ1) is 13.0. The molecule has 0 amide bonds. The predicted molar refractivity (Wildman–Crippen MR) is 71.9 cm³/mol. The molecule has 1 unspecified atom stereocenters. The molecule has 0 saturated carbocycles. The van der Waals surface area contributed by atoms with Crippen LogP contribution >= 0.6 is 15.9 Å². The van der Waals surface area contributed by atoms with Crippen LogP contribution in [0.3, 0.4) is 0 Å². The van der Waals surface area contributed by atoms with Crippen LogP contribution in [0.4, 0.5) is 0 Å². The number of nitrogens with one attached hydrogen (secondary N) is 1. The number of rotatable bonds is 5. The first-order valence-electron chi connectivity index (χ1n) is 6.26. The number of pyridine rings is 1. The van der Waals surface area contributed by atoms with Crippen molar-refractivity contribution in [1.82, 2.24) is 10.3 Å². The minimum absolute atomic E-state index is 0.611. The Morgan fingerprint density at radius 2 is 2.35 bits per heavy atom. The second-order valence-corrected chi connectivity index (χ2v) is 5.37. The van der Waals surface area contributed by atoms with Gasteiger partial charge in [-0.15, -0.1) is 0 Å². The van der Waals surface area contributed by atoms with Gasteiger partial charge in [0.2, 0.25) is 0 Å². The fraction of sp³-hybridized carbons (Fsp3) is 0.615. The second kappa shape index (κ2) is 7.09. The first-order chi connectivity index (χ1) is 8.34. The van der Waals surface area contributed by atoms with Crippen LogP contribution < -0.4 is 5.32 Å². The van der Waals surface area contributed by atoms with Crippen molar-refractivity contribution < 1.29 is 4.74 Å². The molecule has 0 radical (unpaired) electrons. The highest BCUT2D eigenvalue weighted by atomic mass is 79.9. The van der Waals surface area contributed by atoms with Gasteiger partial charge in [0.1, 0.15) is 0 Å². The Kier molecular flexibility index (Phi) is 5.42. The van der Waals surface area contributed by atoms with E-state index in [2.05, 4.69) is 26.2 Å². The number of piperidine rings is 1. The Balaban J connectivity index is 1.60. The van der Waals surface area contributed by atoms with Crippen LogP contribution in [0.25, 0.3) is 0 Å². The van der Waals surface area contributed by atoms with Crippen LogP contribution in [0.2, 0.25) is 0 Å².